The Labute approximate surface area is 208 Å². The lowest BCUT2D eigenvalue weighted by atomic mass is 9.95. The maximum absolute atomic E-state index is 13.7. The molecule has 1 saturated heterocycles. The number of benzene rings is 2. The molecular formula is C27H29N5O2S. The number of hydrogen-bond donors (Lipinski definition) is 1. The number of morpholine rings is 1. The third kappa shape index (κ3) is 4.54. The van der Waals surface area contributed by atoms with Crippen molar-refractivity contribution in [3.05, 3.63) is 64.8 Å². The van der Waals surface area contributed by atoms with E-state index in [-0.39, 0.29) is 5.91 Å². The van der Waals surface area contributed by atoms with Crippen LogP contribution in [0.1, 0.15) is 34.1 Å². The zero-order valence-corrected chi connectivity index (χ0v) is 20.7. The molecule has 1 N–H and O–H groups in total. The van der Waals surface area contributed by atoms with Crippen molar-refractivity contribution in [1.29, 1.82) is 0 Å². The molecule has 4 heterocycles. The number of rotatable bonds is 5. The first-order valence-electron chi connectivity index (χ1n) is 12.3. The second-order valence-electron chi connectivity index (χ2n) is 9.21. The van der Waals surface area contributed by atoms with Crippen LogP contribution >= 0.6 is 11.3 Å². The number of amides is 1. The van der Waals surface area contributed by atoms with Crippen molar-refractivity contribution >= 4 is 43.5 Å². The third-order valence-corrected chi connectivity index (χ3v) is 7.92. The van der Waals surface area contributed by atoms with Gasteiger partial charge < -0.3 is 4.74 Å². The van der Waals surface area contributed by atoms with E-state index in [0.29, 0.717) is 5.13 Å². The summed E-state index contributed by atoms with van der Waals surface area (Å²) in [5.41, 5.74) is 5.86. The van der Waals surface area contributed by atoms with Crippen molar-refractivity contribution in [3.63, 3.8) is 0 Å². The number of likely N-dealkylation sites (N-methyl/N-ethyl adjacent to an activating group) is 1. The molecule has 8 heteroatoms. The van der Waals surface area contributed by atoms with Crippen LogP contribution in [0.15, 0.2) is 42.5 Å². The van der Waals surface area contributed by atoms with Gasteiger partial charge in [0.2, 0.25) is 0 Å². The van der Waals surface area contributed by atoms with Gasteiger partial charge in [-0.15, -0.1) is 0 Å². The number of nitrogens with one attached hydrogen (secondary N) is 1. The Bertz CT molecular complexity index is 1400. The summed E-state index contributed by atoms with van der Waals surface area (Å²) in [5.74, 6) is -0.106. The van der Waals surface area contributed by atoms with Gasteiger partial charge in [0.25, 0.3) is 5.91 Å². The molecule has 0 spiro atoms. The van der Waals surface area contributed by atoms with E-state index in [1.165, 1.54) is 16.9 Å². The highest BCUT2D eigenvalue weighted by molar-refractivity contribution is 7.22. The summed E-state index contributed by atoms with van der Waals surface area (Å²) in [7, 11) is 0. The molecule has 180 valence electrons. The summed E-state index contributed by atoms with van der Waals surface area (Å²) in [6.07, 6.45) is 0.862. The molecule has 0 atom stereocenters. The number of fused-ring (bicyclic) bond motifs is 3. The minimum Gasteiger partial charge on any atom is -0.379 e. The highest BCUT2D eigenvalue weighted by Gasteiger charge is 2.26. The molecule has 35 heavy (non-hydrogen) atoms. The first kappa shape index (κ1) is 22.5. The average molecular weight is 488 g/mol. The quantitative estimate of drug-likeness (QED) is 0.453. The Kier molecular flexibility index (Phi) is 6.20. The van der Waals surface area contributed by atoms with Crippen LogP contribution in [-0.4, -0.2) is 65.1 Å². The van der Waals surface area contributed by atoms with Crippen LogP contribution in [0.3, 0.4) is 0 Å². The summed E-state index contributed by atoms with van der Waals surface area (Å²) >= 11 is 1.53. The van der Waals surface area contributed by atoms with Crippen molar-refractivity contribution in [1.82, 2.24) is 19.8 Å². The van der Waals surface area contributed by atoms with Crippen molar-refractivity contribution < 1.29 is 9.53 Å². The van der Waals surface area contributed by atoms with Gasteiger partial charge in [-0.3, -0.25) is 24.9 Å². The predicted molar refractivity (Wildman–Crippen MR) is 140 cm³/mol. The number of nitrogens with zero attached hydrogens (tertiary/aromatic N) is 4. The van der Waals surface area contributed by atoms with Crippen LogP contribution in [0.4, 0.5) is 5.13 Å². The monoisotopic (exact) mass is 487 g/mol. The largest absolute Gasteiger partial charge is 0.379 e. The van der Waals surface area contributed by atoms with Crippen molar-refractivity contribution in [3.8, 4) is 0 Å². The van der Waals surface area contributed by atoms with Gasteiger partial charge in [-0.2, -0.15) is 0 Å². The Morgan fingerprint density at radius 1 is 1.06 bits per heavy atom. The molecule has 0 bridgehead atoms. The molecule has 4 aromatic rings. The number of pyridine rings is 1. The number of anilines is 1. The number of aromatic nitrogens is 2. The molecule has 2 aromatic heterocycles. The smallest absolute Gasteiger partial charge is 0.258 e. The van der Waals surface area contributed by atoms with E-state index >= 15 is 0 Å². The fourth-order valence-corrected chi connectivity index (χ4v) is 6.00. The second kappa shape index (κ2) is 9.62. The van der Waals surface area contributed by atoms with Crippen LogP contribution in [0, 0.1) is 0 Å². The summed E-state index contributed by atoms with van der Waals surface area (Å²) < 4.78 is 6.55. The van der Waals surface area contributed by atoms with Gasteiger partial charge in [-0.25, -0.2) is 4.98 Å². The fraction of sp³-hybridized carbons (Fsp3) is 0.370. The molecule has 6 rings (SSSR count). The highest BCUT2D eigenvalue weighted by atomic mass is 32.1. The SMILES string of the molecule is CCN1CCc2nc3ccccc3c(C(=O)Nc3nc4ccc(CN5CCOCC5)cc4s3)c2C1. The van der Waals surface area contributed by atoms with Crippen LogP contribution in [0.2, 0.25) is 0 Å². The Balaban J connectivity index is 1.30. The van der Waals surface area contributed by atoms with E-state index in [4.69, 9.17) is 14.7 Å². The molecule has 0 unspecified atom stereocenters. The number of para-hydroxylation sites is 1. The van der Waals surface area contributed by atoms with Gasteiger partial charge in [0.15, 0.2) is 5.13 Å². The molecule has 0 radical (unpaired) electrons. The van der Waals surface area contributed by atoms with Crippen LogP contribution in [-0.2, 0) is 24.2 Å². The summed E-state index contributed by atoms with van der Waals surface area (Å²) in [4.78, 5) is 28.1. The first-order chi connectivity index (χ1) is 17.2. The normalized spacial score (nSPS) is 17.1. The molecule has 2 aliphatic heterocycles. The summed E-state index contributed by atoms with van der Waals surface area (Å²) in [6.45, 7) is 9.25. The Morgan fingerprint density at radius 3 is 2.77 bits per heavy atom. The van der Waals surface area contributed by atoms with Gasteiger partial charge in [-0.1, -0.05) is 42.5 Å². The maximum atomic E-state index is 13.7. The number of carbonyl (C=O) groups excluding carboxylic acids is 1. The summed E-state index contributed by atoms with van der Waals surface area (Å²) in [6, 6.07) is 14.3. The lowest BCUT2D eigenvalue weighted by Gasteiger charge is -2.29. The summed E-state index contributed by atoms with van der Waals surface area (Å²) in [5, 5.41) is 4.65. The minimum atomic E-state index is -0.106. The second-order valence-corrected chi connectivity index (χ2v) is 10.2. The predicted octanol–water partition coefficient (Wildman–Crippen LogP) is 4.31. The molecule has 0 saturated carbocycles. The molecule has 2 aliphatic rings. The molecule has 0 aliphatic carbocycles. The zero-order valence-electron chi connectivity index (χ0n) is 19.9. The number of carbonyl (C=O) groups is 1. The Hall–Kier alpha value is -2.91. The zero-order chi connectivity index (χ0) is 23.8. The van der Waals surface area contributed by atoms with Gasteiger partial charge >= 0.3 is 0 Å². The Morgan fingerprint density at radius 2 is 1.91 bits per heavy atom. The van der Waals surface area contributed by atoms with Crippen molar-refractivity contribution in [2.45, 2.75) is 26.4 Å². The van der Waals surface area contributed by atoms with Gasteiger partial charge in [-0.05, 0) is 30.3 Å². The van der Waals surface area contributed by atoms with Gasteiger partial charge in [0, 0.05) is 55.8 Å². The number of thiazole rings is 1. The van der Waals surface area contributed by atoms with E-state index < -0.39 is 0 Å². The third-order valence-electron chi connectivity index (χ3n) is 6.98. The highest BCUT2D eigenvalue weighted by Crippen LogP contribution is 2.31. The van der Waals surface area contributed by atoms with E-state index in [1.807, 2.05) is 24.3 Å². The molecular weight excluding hydrogens is 458 g/mol. The van der Waals surface area contributed by atoms with E-state index in [1.54, 1.807) is 0 Å². The van der Waals surface area contributed by atoms with Crippen LogP contribution in [0.5, 0.6) is 0 Å². The lowest BCUT2D eigenvalue weighted by Crippen LogP contribution is -2.35. The minimum absolute atomic E-state index is 0.106. The fourth-order valence-electron chi connectivity index (χ4n) is 5.07. The number of hydrogen-bond acceptors (Lipinski definition) is 7. The standard InChI is InChI=1S/C27H29N5O2S/c1-2-31-10-9-22-20(17-31)25(19-5-3-4-6-21(19)28-22)26(33)30-27-29-23-8-7-18(15-24(23)35-27)16-32-11-13-34-14-12-32/h3-8,15H,2,9-14,16-17H2,1H3,(H,29,30,33). The molecule has 1 fully saturated rings. The van der Waals surface area contributed by atoms with E-state index in [2.05, 4.69) is 40.2 Å². The van der Waals surface area contributed by atoms with Crippen LogP contribution in [0.25, 0.3) is 21.1 Å². The van der Waals surface area contributed by atoms with Crippen molar-refractivity contribution in [2.24, 2.45) is 0 Å². The number of ether oxygens (including phenoxy) is 1. The molecule has 1 amide bonds. The molecule has 2 aromatic carbocycles. The van der Waals surface area contributed by atoms with Gasteiger partial charge in [0.1, 0.15) is 0 Å². The topological polar surface area (TPSA) is 70.6 Å². The van der Waals surface area contributed by atoms with E-state index in [0.717, 1.165) is 96.8 Å². The molecule has 7 nitrogen and oxygen atoms in total. The van der Waals surface area contributed by atoms with Crippen LogP contribution < -0.4 is 5.32 Å². The van der Waals surface area contributed by atoms with E-state index in [9.17, 15) is 4.79 Å². The van der Waals surface area contributed by atoms with Gasteiger partial charge in [0.05, 0.1) is 34.5 Å². The van der Waals surface area contributed by atoms with Crippen molar-refractivity contribution in [2.75, 3.05) is 44.7 Å². The maximum Gasteiger partial charge on any atom is 0.258 e. The first-order valence-corrected chi connectivity index (χ1v) is 13.1. The lowest BCUT2D eigenvalue weighted by molar-refractivity contribution is 0.0342. The average Bonchev–Trinajstić information content (AvgIpc) is 3.28.